The zero-order valence-corrected chi connectivity index (χ0v) is 20.2. The molecule has 1 unspecified atom stereocenters. The molecule has 0 saturated carbocycles. The van der Waals surface area contributed by atoms with Gasteiger partial charge in [-0.3, -0.25) is 4.79 Å². The molecule has 1 saturated heterocycles. The van der Waals surface area contributed by atoms with E-state index in [-0.39, 0.29) is 10.8 Å². The van der Waals surface area contributed by atoms with Crippen molar-refractivity contribution in [1.82, 2.24) is 4.31 Å². The summed E-state index contributed by atoms with van der Waals surface area (Å²) in [6, 6.07) is 12.6. The number of carbonyl (C=O) groups excluding carboxylic acids is 1. The number of hydrogen-bond acceptors (Lipinski definition) is 4. The highest BCUT2D eigenvalue weighted by atomic mass is 32.2. The van der Waals surface area contributed by atoms with E-state index in [2.05, 4.69) is 17.4 Å². The van der Waals surface area contributed by atoms with E-state index < -0.39 is 16.1 Å². The second-order valence-electron chi connectivity index (χ2n) is 8.98. The van der Waals surface area contributed by atoms with E-state index in [0.29, 0.717) is 25.2 Å². The van der Waals surface area contributed by atoms with Gasteiger partial charge in [0.2, 0.25) is 10.0 Å². The average molecular weight is 471 g/mol. The Hall–Kier alpha value is -2.38. The summed E-state index contributed by atoms with van der Waals surface area (Å²) in [5.41, 5.74) is 3.25. The van der Waals surface area contributed by atoms with E-state index in [0.717, 1.165) is 44.3 Å². The summed E-state index contributed by atoms with van der Waals surface area (Å²) in [6.45, 7) is 3.05. The van der Waals surface area contributed by atoms with Gasteiger partial charge in [0.25, 0.3) is 5.91 Å². The van der Waals surface area contributed by atoms with Gasteiger partial charge in [-0.15, -0.1) is 0 Å². The Morgan fingerprint density at radius 3 is 2.27 bits per heavy atom. The largest absolute Gasteiger partial charge is 0.481 e. The molecule has 178 valence electrons. The average Bonchev–Trinajstić information content (AvgIpc) is 3.13. The van der Waals surface area contributed by atoms with Crippen LogP contribution in [-0.2, 0) is 27.7 Å². The predicted molar refractivity (Wildman–Crippen MR) is 130 cm³/mol. The fourth-order valence-electron chi connectivity index (χ4n) is 4.63. The van der Waals surface area contributed by atoms with Crippen molar-refractivity contribution in [1.29, 1.82) is 0 Å². The van der Waals surface area contributed by atoms with Crippen LogP contribution in [0.15, 0.2) is 47.4 Å². The molecule has 6 nitrogen and oxygen atoms in total. The molecule has 1 fully saturated rings. The molecule has 2 aromatic carbocycles. The van der Waals surface area contributed by atoms with Gasteiger partial charge in [0.05, 0.1) is 4.90 Å². The molecule has 2 aliphatic rings. The summed E-state index contributed by atoms with van der Waals surface area (Å²) in [7, 11) is -3.50. The first-order chi connectivity index (χ1) is 16.0. The van der Waals surface area contributed by atoms with Crippen molar-refractivity contribution in [2.45, 2.75) is 75.7 Å². The van der Waals surface area contributed by atoms with Crippen LogP contribution in [0.5, 0.6) is 5.75 Å². The highest BCUT2D eigenvalue weighted by Gasteiger charge is 2.25. The number of amides is 1. The van der Waals surface area contributed by atoms with E-state index in [1.165, 1.54) is 24.0 Å². The van der Waals surface area contributed by atoms with Gasteiger partial charge in [-0.2, -0.15) is 4.31 Å². The number of benzene rings is 2. The molecule has 0 spiro atoms. The van der Waals surface area contributed by atoms with Crippen LogP contribution in [0, 0.1) is 0 Å². The van der Waals surface area contributed by atoms with E-state index in [1.807, 2.05) is 13.0 Å². The Kier molecular flexibility index (Phi) is 7.71. The zero-order chi connectivity index (χ0) is 23.3. The molecule has 1 N–H and O–H groups in total. The summed E-state index contributed by atoms with van der Waals surface area (Å²) in [5, 5.41) is 2.87. The monoisotopic (exact) mass is 470 g/mol. The maximum Gasteiger partial charge on any atom is 0.265 e. The molecular weight excluding hydrogens is 436 g/mol. The first kappa shape index (κ1) is 23.8. The highest BCUT2D eigenvalue weighted by Crippen LogP contribution is 2.27. The lowest BCUT2D eigenvalue weighted by Crippen LogP contribution is -2.33. The van der Waals surface area contributed by atoms with Crippen molar-refractivity contribution < 1.29 is 17.9 Å². The number of anilines is 1. The van der Waals surface area contributed by atoms with Crippen LogP contribution < -0.4 is 10.1 Å². The van der Waals surface area contributed by atoms with Gasteiger partial charge in [0, 0.05) is 18.8 Å². The molecule has 1 heterocycles. The lowest BCUT2D eigenvalue weighted by atomic mass is 9.92. The number of ether oxygens (including phenoxy) is 1. The Balaban J connectivity index is 1.40. The lowest BCUT2D eigenvalue weighted by molar-refractivity contribution is -0.122. The van der Waals surface area contributed by atoms with E-state index in [1.54, 1.807) is 28.6 Å². The minimum absolute atomic E-state index is 0.238. The molecule has 7 heteroatoms. The number of sulfonamides is 1. The molecule has 2 aromatic rings. The summed E-state index contributed by atoms with van der Waals surface area (Å²) in [5.74, 6) is 0.481. The normalized spacial score (nSPS) is 18.1. The molecule has 1 aliphatic carbocycles. The van der Waals surface area contributed by atoms with Gasteiger partial charge in [-0.05, 0) is 92.5 Å². The minimum Gasteiger partial charge on any atom is -0.481 e. The topological polar surface area (TPSA) is 75.7 Å². The van der Waals surface area contributed by atoms with Crippen LogP contribution in [0.2, 0.25) is 0 Å². The number of carbonyl (C=O) groups is 1. The Labute approximate surface area is 197 Å². The third-order valence-corrected chi connectivity index (χ3v) is 8.50. The van der Waals surface area contributed by atoms with Crippen LogP contribution in [0.4, 0.5) is 5.69 Å². The maximum atomic E-state index is 13.0. The standard InChI is InChI=1S/C26H34N2O4S/c1-2-25(32-23-14-11-20-9-5-6-10-21(20)19-23)26(29)27-22-12-15-24(16-13-22)33(30,31)28-17-7-3-4-8-18-28/h11-16,19,25H,2-10,17-18H2,1H3,(H,27,29). The van der Waals surface area contributed by atoms with E-state index in [4.69, 9.17) is 4.74 Å². The summed E-state index contributed by atoms with van der Waals surface area (Å²) in [6.07, 6.45) is 8.44. The Bertz CT molecular complexity index is 1060. The second kappa shape index (κ2) is 10.7. The molecule has 0 radical (unpaired) electrons. The van der Waals surface area contributed by atoms with Gasteiger partial charge in [-0.1, -0.05) is 25.8 Å². The van der Waals surface area contributed by atoms with E-state index in [9.17, 15) is 13.2 Å². The molecule has 1 atom stereocenters. The lowest BCUT2D eigenvalue weighted by Gasteiger charge is -2.21. The molecule has 0 bridgehead atoms. The van der Waals surface area contributed by atoms with Crippen LogP contribution in [0.3, 0.4) is 0 Å². The SMILES string of the molecule is CCC(Oc1ccc2c(c1)CCCC2)C(=O)Nc1ccc(S(=O)(=O)N2CCCCCC2)cc1. The fraction of sp³-hybridized carbons (Fsp3) is 0.500. The Morgan fingerprint density at radius 2 is 1.61 bits per heavy atom. The molecule has 4 rings (SSSR count). The third-order valence-electron chi connectivity index (χ3n) is 6.59. The van der Waals surface area contributed by atoms with Crippen molar-refractivity contribution in [3.05, 3.63) is 53.6 Å². The number of nitrogens with zero attached hydrogens (tertiary/aromatic N) is 1. The van der Waals surface area contributed by atoms with Crippen molar-refractivity contribution >= 4 is 21.6 Å². The molecule has 33 heavy (non-hydrogen) atoms. The first-order valence-electron chi connectivity index (χ1n) is 12.2. The van der Waals surface area contributed by atoms with Crippen molar-refractivity contribution in [3.63, 3.8) is 0 Å². The zero-order valence-electron chi connectivity index (χ0n) is 19.4. The predicted octanol–water partition coefficient (Wildman–Crippen LogP) is 4.93. The van der Waals surface area contributed by atoms with Gasteiger partial charge in [-0.25, -0.2) is 8.42 Å². The summed E-state index contributed by atoms with van der Waals surface area (Å²) in [4.78, 5) is 13.1. The number of rotatable bonds is 7. The van der Waals surface area contributed by atoms with Gasteiger partial charge in [0.1, 0.15) is 5.75 Å². The smallest absolute Gasteiger partial charge is 0.265 e. The maximum absolute atomic E-state index is 13.0. The molecule has 1 amide bonds. The second-order valence-corrected chi connectivity index (χ2v) is 10.9. The van der Waals surface area contributed by atoms with Crippen molar-refractivity contribution in [2.75, 3.05) is 18.4 Å². The molecule has 1 aliphatic heterocycles. The van der Waals surface area contributed by atoms with Crippen molar-refractivity contribution in [3.8, 4) is 5.75 Å². The quantitative estimate of drug-likeness (QED) is 0.623. The first-order valence-corrected chi connectivity index (χ1v) is 13.6. The van der Waals surface area contributed by atoms with Crippen LogP contribution >= 0.6 is 0 Å². The van der Waals surface area contributed by atoms with Gasteiger partial charge in [0.15, 0.2) is 6.10 Å². The number of aryl methyl sites for hydroxylation is 2. The van der Waals surface area contributed by atoms with Crippen molar-refractivity contribution in [2.24, 2.45) is 0 Å². The van der Waals surface area contributed by atoms with Gasteiger partial charge < -0.3 is 10.1 Å². The summed E-state index contributed by atoms with van der Waals surface area (Å²) < 4.78 is 33.5. The van der Waals surface area contributed by atoms with Gasteiger partial charge >= 0.3 is 0 Å². The third kappa shape index (κ3) is 5.76. The Morgan fingerprint density at radius 1 is 0.939 bits per heavy atom. The van der Waals surface area contributed by atoms with E-state index >= 15 is 0 Å². The van der Waals surface area contributed by atoms with Crippen LogP contribution in [0.1, 0.15) is 63.0 Å². The number of nitrogens with one attached hydrogen (secondary N) is 1. The summed E-state index contributed by atoms with van der Waals surface area (Å²) >= 11 is 0. The molecular formula is C26H34N2O4S. The molecule has 0 aromatic heterocycles. The number of fused-ring (bicyclic) bond motifs is 1. The van der Waals surface area contributed by atoms with Crippen LogP contribution in [-0.4, -0.2) is 37.8 Å². The van der Waals surface area contributed by atoms with Crippen LogP contribution in [0.25, 0.3) is 0 Å². The number of hydrogen-bond donors (Lipinski definition) is 1. The minimum atomic E-state index is -3.50. The highest BCUT2D eigenvalue weighted by molar-refractivity contribution is 7.89. The fourth-order valence-corrected chi connectivity index (χ4v) is 6.15.